The van der Waals surface area contributed by atoms with Gasteiger partial charge in [0.2, 0.25) is 0 Å². The minimum atomic E-state index is 0.905. The van der Waals surface area contributed by atoms with E-state index in [9.17, 15) is 0 Å². The van der Waals surface area contributed by atoms with Crippen LogP contribution in [0.2, 0.25) is 0 Å². The SMILES string of the molecule is Cc1cn2cccc2c(Br)n1. The number of rotatable bonds is 0. The Balaban J connectivity index is 2.91. The van der Waals surface area contributed by atoms with Crippen molar-refractivity contribution >= 4 is 21.4 Å². The lowest BCUT2D eigenvalue weighted by atomic mass is 10.5. The molecule has 0 unspecified atom stereocenters. The van der Waals surface area contributed by atoms with Crippen molar-refractivity contribution in [2.45, 2.75) is 6.92 Å². The van der Waals surface area contributed by atoms with Crippen LogP contribution in [0, 0.1) is 6.92 Å². The standard InChI is InChI=1S/C8H7BrN2/c1-6-5-11-4-2-3-7(11)8(9)10-6/h2-5H,1H3. The summed E-state index contributed by atoms with van der Waals surface area (Å²) in [5.41, 5.74) is 2.12. The molecular formula is C8H7BrN2. The quantitative estimate of drug-likeness (QED) is 0.653. The predicted octanol–water partition coefficient (Wildman–Crippen LogP) is 2.41. The summed E-state index contributed by atoms with van der Waals surface area (Å²) in [6.45, 7) is 1.98. The van der Waals surface area contributed by atoms with Crippen molar-refractivity contribution < 1.29 is 0 Å². The number of fused-ring (bicyclic) bond motifs is 1. The highest BCUT2D eigenvalue weighted by atomic mass is 79.9. The van der Waals surface area contributed by atoms with Gasteiger partial charge in [0.15, 0.2) is 0 Å². The van der Waals surface area contributed by atoms with Gasteiger partial charge in [-0.2, -0.15) is 0 Å². The molecule has 0 fully saturated rings. The van der Waals surface area contributed by atoms with Crippen molar-refractivity contribution in [2.75, 3.05) is 0 Å². The molecule has 0 N–H and O–H groups in total. The predicted molar refractivity (Wildman–Crippen MR) is 47.6 cm³/mol. The zero-order valence-corrected chi connectivity index (χ0v) is 7.67. The van der Waals surface area contributed by atoms with Crippen molar-refractivity contribution in [3.8, 4) is 0 Å². The second-order valence-corrected chi connectivity index (χ2v) is 3.22. The number of halogens is 1. The Morgan fingerprint density at radius 1 is 1.55 bits per heavy atom. The van der Waals surface area contributed by atoms with Crippen LogP contribution in [-0.2, 0) is 0 Å². The molecule has 0 aliphatic heterocycles. The van der Waals surface area contributed by atoms with Crippen LogP contribution in [0.1, 0.15) is 5.69 Å². The van der Waals surface area contributed by atoms with E-state index in [1.54, 1.807) is 0 Å². The van der Waals surface area contributed by atoms with Crippen LogP contribution in [0.25, 0.3) is 5.52 Å². The Hall–Kier alpha value is -0.830. The summed E-state index contributed by atoms with van der Waals surface area (Å²) in [6, 6.07) is 4.03. The van der Waals surface area contributed by atoms with Crippen molar-refractivity contribution in [1.82, 2.24) is 9.38 Å². The Kier molecular flexibility index (Phi) is 1.46. The first-order chi connectivity index (χ1) is 5.27. The average Bonchev–Trinajstić information content (AvgIpc) is 2.34. The molecule has 2 heterocycles. The van der Waals surface area contributed by atoms with Gasteiger partial charge in [-0.05, 0) is 35.0 Å². The molecule has 0 atom stereocenters. The van der Waals surface area contributed by atoms with Gasteiger partial charge in [0, 0.05) is 12.4 Å². The van der Waals surface area contributed by atoms with Gasteiger partial charge in [0.05, 0.1) is 11.2 Å². The lowest BCUT2D eigenvalue weighted by Gasteiger charge is -1.98. The van der Waals surface area contributed by atoms with Crippen LogP contribution in [0.3, 0.4) is 0 Å². The van der Waals surface area contributed by atoms with Crippen LogP contribution in [-0.4, -0.2) is 9.38 Å². The molecule has 2 nitrogen and oxygen atoms in total. The summed E-state index contributed by atoms with van der Waals surface area (Å²) in [5, 5.41) is 0. The van der Waals surface area contributed by atoms with Gasteiger partial charge in [0.25, 0.3) is 0 Å². The van der Waals surface area contributed by atoms with E-state index in [4.69, 9.17) is 0 Å². The van der Waals surface area contributed by atoms with Crippen molar-refractivity contribution in [3.05, 3.63) is 34.8 Å². The zero-order chi connectivity index (χ0) is 7.84. The number of aromatic nitrogens is 2. The van der Waals surface area contributed by atoms with Crippen LogP contribution in [0.5, 0.6) is 0 Å². The van der Waals surface area contributed by atoms with Gasteiger partial charge in [-0.1, -0.05) is 0 Å². The molecular weight excluding hydrogens is 204 g/mol. The first kappa shape index (κ1) is 6.85. The van der Waals surface area contributed by atoms with Gasteiger partial charge >= 0.3 is 0 Å². The first-order valence-corrected chi connectivity index (χ1v) is 4.16. The smallest absolute Gasteiger partial charge is 0.130 e. The Morgan fingerprint density at radius 2 is 2.36 bits per heavy atom. The monoisotopic (exact) mass is 210 g/mol. The molecule has 0 saturated heterocycles. The summed E-state index contributed by atoms with van der Waals surface area (Å²) in [6.07, 6.45) is 4.01. The minimum Gasteiger partial charge on any atom is -0.320 e. The molecule has 3 heteroatoms. The van der Waals surface area contributed by atoms with Crippen LogP contribution >= 0.6 is 15.9 Å². The third kappa shape index (κ3) is 1.05. The van der Waals surface area contributed by atoms with E-state index < -0.39 is 0 Å². The molecule has 0 bridgehead atoms. The van der Waals surface area contributed by atoms with Crippen LogP contribution in [0.15, 0.2) is 29.1 Å². The fourth-order valence-corrected chi connectivity index (χ4v) is 1.74. The highest BCUT2D eigenvalue weighted by molar-refractivity contribution is 9.10. The molecule has 2 rings (SSSR count). The van der Waals surface area contributed by atoms with Gasteiger partial charge < -0.3 is 4.40 Å². The Morgan fingerprint density at radius 3 is 3.18 bits per heavy atom. The fraction of sp³-hybridized carbons (Fsp3) is 0.125. The fourth-order valence-electron chi connectivity index (χ4n) is 1.12. The normalized spacial score (nSPS) is 10.7. The van der Waals surface area contributed by atoms with Crippen LogP contribution in [0.4, 0.5) is 0 Å². The molecule has 56 valence electrons. The second-order valence-electron chi connectivity index (χ2n) is 2.47. The van der Waals surface area contributed by atoms with Gasteiger partial charge in [-0.25, -0.2) is 4.98 Å². The van der Waals surface area contributed by atoms with Crippen molar-refractivity contribution in [3.63, 3.8) is 0 Å². The van der Waals surface area contributed by atoms with E-state index in [0.717, 1.165) is 15.8 Å². The van der Waals surface area contributed by atoms with E-state index in [1.165, 1.54) is 0 Å². The molecule has 0 spiro atoms. The maximum Gasteiger partial charge on any atom is 0.130 e. The maximum absolute atomic E-state index is 4.27. The lowest BCUT2D eigenvalue weighted by molar-refractivity contribution is 1.06. The number of hydrogen-bond acceptors (Lipinski definition) is 1. The topological polar surface area (TPSA) is 17.3 Å². The third-order valence-corrected chi connectivity index (χ3v) is 2.17. The molecule has 0 radical (unpaired) electrons. The summed E-state index contributed by atoms with van der Waals surface area (Å²) in [4.78, 5) is 4.27. The molecule has 0 amide bonds. The van der Waals surface area contributed by atoms with Crippen LogP contribution < -0.4 is 0 Å². The summed E-state index contributed by atoms with van der Waals surface area (Å²) >= 11 is 3.39. The molecule has 0 aliphatic carbocycles. The summed E-state index contributed by atoms with van der Waals surface area (Å²) in [5.74, 6) is 0. The number of aryl methyl sites for hydroxylation is 1. The van der Waals surface area contributed by atoms with E-state index in [0.29, 0.717) is 0 Å². The molecule has 2 aromatic heterocycles. The molecule has 0 aromatic carbocycles. The minimum absolute atomic E-state index is 0.905. The first-order valence-electron chi connectivity index (χ1n) is 3.37. The largest absolute Gasteiger partial charge is 0.320 e. The molecule has 11 heavy (non-hydrogen) atoms. The zero-order valence-electron chi connectivity index (χ0n) is 6.08. The van der Waals surface area contributed by atoms with Gasteiger partial charge in [-0.3, -0.25) is 0 Å². The molecule has 0 aliphatic rings. The third-order valence-electron chi connectivity index (χ3n) is 1.59. The van der Waals surface area contributed by atoms with Gasteiger partial charge in [-0.15, -0.1) is 0 Å². The number of hydrogen-bond donors (Lipinski definition) is 0. The Bertz CT molecular complexity index is 392. The Labute approximate surface area is 73.0 Å². The number of nitrogens with zero attached hydrogens (tertiary/aromatic N) is 2. The summed E-state index contributed by atoms with van der Waals surface area (Å²) < 4.78 is 2.95. The van der Waals surface area contributed by atoms with E-state index in [-0.39, 0.29) is 0 Å². The van der Waals surface area contributed by atoms with Gasteiger partial charge in [0.1, 0.15) is 4.60 Å². The van der Waals surface area contributed by atoms with Crippen molar-refractivity contribution in [1.29, 1.82) is 0 Å². The average molecular weight is 211 g/mol. The second kappa shape index (κ2) is 2.34. The van der Waals surface area contributed by atoms with E-state index in [2.05, 4.69) is 20.9 Å². The van der Waals surface area contributed by atoms with E-state index in [1.807, 2.05) is 35.9 Å². The molecule has 0 saturated carbocycles. The van der Waals surface area contributed by atoms with Crippen molar-refractivity contribution in [2.24, 2.45) is 0 Å². The highest BCUT2D eigenvalue weighted by Crippen LogP contribution is 2.15. The maximum atomic E-state index is 4.27. The van der Waals surface area contributed by atoms with E-state index >= 15 is 0 Å². The summed E-state index contributed by atoms with van der Waals surface area (Å²) in [7, 11) is 0. The lowest BCUT2D eigenvalue weighted by Crippen LogP contribution is -1.89. The molecule has 2 aromatic rings. The highest BCUT2D eigenvalue weighted by Gasteiger charge is 1.98.